The van der Waals surface area contributed by atoms with E-state index in [1.54, 1.807) is 18.1 Å². The van der Waals surface area contributed by atoms with Crippen molar-refractivity contribution in [3.05, 3.63) is 99.7 Å². The number of hydrogen-bond donors (Lipinski definition) is 0. The highest BCUT2D eigenvalue weighted by atomic mass is 79.9. The Kier molecular flexibility index (Phi) is 5.32. The summed E-state index contributed by atoms with van der Waals surface area (Å²) in [5.41, 5.74) is 4.01. The molecule has 5 heteroatoms. The summed E-state index contributed by atoms with van der Waals surface area (Å²) < 4.78 is 6.19. The fourth-order valence-electron chi connectivity index (χ4n) is 3.24. The normalized spacial score (nSPS) is 15.0. The van der Waals surface area contributed by atoms with Gasteiger partial charge in [0, 0.05) is 10.0 Å². The summed E-state index contributed by atoms with van der Waals surface area (Å²) in [6, 6.07) is 23.2. The molecule has 0 spiro atoms. The largest absolute Gasteiger partial charge is 0.497 e. The molecule has 0 aliphatic carbocycles. The summed E-state index contributed by atoms with van der Waals surface area (Å²) in [7, 11) is 1.62. The third-order valence-electron chi connectivity index (χ3n) is 4.60. The number of rotatable bonds is 4. The van der Waals surface area contributed by atoms with Crippen molar-refractivity contribution in [1.82, 2.24) is 0 Å². The number of methoxy groups -OCH3 is 1. The lowest BCUT2D eigenvalue weighted by atomic mass is 10.1. The Hall–Kier alpha value is -3.18. The maximum atomic E-state index is 13.3. The van der Waals surface area contributed by atoms with Crippen molar-refractivity contribution in [2.75, 3.05) is 12.0 Å². The van der Waals surface area contributed by atoms with Gasteiger partial charge in [-0.05, 0) is 55.0 Å². The molecule has 0 unspecified atom stereocenters. The molecule has 1 amide bonds. The fourth-order valence-corrected chi connectivity index (χ4v) is 3.63. The molecule has 0 atom stereocenters. The predicted octanol–water partition coefficient (Wildman–Crippen LogP) is 5.60. The zero-order valence-corrected chi connectivity index (χ0v) is 17.7. The molecule has 29 heavy (non-hydrogen) atoms. The Labute approximate surface area is 178 Å². The number of carbonyl (C=O) groups excluding carboxylic acids is 1. The molecule has 144 valence electrons. The van der Waals surface area contributed by atoms with Gasteiger partial charge < -0.3 is 4.74 Å². The first-order valence-electron chi connectivity index (χ1n) is 9.16. The van der Waals surface area contributed by atoms with Crippen molar-refractivity contribution in [3.8, 4) is 5.75 Å². The van der Waals surface area contributed by atoms with Crippen molar-refractivity contribution in [2.45, 2.75) is 6.92 Å². The van der Waals surface area contributed by atoms with E-state index in [-0.39, 0.29) is 5.91 Å². The average molecular weight is 447 g/mol. The van der Waals surface area contributed by atoms with E-state index in [9.17, 15) is 4.79 Å². The fraction of sp³-hybridized carbons (Fsp3) is 0.0833. The number of aliphatic imine (C=N–C) groups is 1. The minimum absolute atomic E-state index is 0.164. The van der Waals surface area contributed by atoms with Crippen molar-refractivity contribution >= 4 is 39.4 Å². The van der Waals surface area contributed by atoms with Gasteiger partial charge in [0.1, 0.15) is 17.3 Å². The quantitative estimate of drug-likeness (QED) is 0.489. The first kappa shape index (κ1) is 19.2. The van der Waals surface area contributed by atoms with E-state index in [1.807, 2.05) is 79.7 Å². The van der Waals surface area contributed by atoms with Gasteiger partial charge in [-0.25, -0.2) is 4.99 Å². The van der Waals surface area contributed by atoms with Crippen LogP contribution in [0, 0.1) is 6.92 Å². The van der Waals surface area contributed by atoms with E-state index < -0.39 is 0 Å². The van der Waals surface area contributed by atoms with Gasteiger partial charge in [0.05, 0.1) is 12.8 Å². The second-order valence-electron chi connectivity index (χ2n) is 6.73. The molecule has 0 bridgehead atoms. The lowest BCUT2D eigenvalue weighted by molar-refractivity contribution is -0.113. The smallest absolute Gasteiger partial charge is 0.282 e. The molecule has 1 aliphatic rings. The number of halogens is 1. The average Bonchev–Trinajstić information content (AvgIpc) is 3.04. The molecule has 3 aromatic rings. The molecular formula is C24H19BrN2O2. The van der Waals surface area contributed by atoms with Gasteiger partial charge in [-0.1, -0.05) is 57.9 Å². The highest BCUT2D eigenvalue weighted by Gasteiger charge is 2.32. The summed E-state index contributed by atoms with van der Waals surface area (Å²) in [5, 5.41) is 0. The van der Waals surface area contributed by atoms with Crippen LogP contribution >= 0.6 is 15.9 Å². The molecule has 3 aromatic carbocycles. The number of aryl methyl sites for hydroxylation is 1. The van der Waals surface area contributed by atoms with Crippen LogP contribution in [0.2, 0.25) is 0 Å². The summed E-state index contributed by atoms with van der Waals surface area (Å²) in [4.78, 5) is 19.7. The van der Waals surface area contributed by atoms with E-state index >= 15 is 0 Å². The zero-order valence-electron chi connectivity index (χ0n) is 16.1. The van der Waals surface area contributed by atoms with Crippen LogP contribution < -0.4 is 9.64 Å². The van der Waals surface area contributed by atoms with Crippen molar-refractivity contribution in [1.29, 1.82) is 0 Å². The molecular weight excluding hydrogens is 428 g/mol. The summed E-state index contributed by atoms with van der Waals surface area (Å²) >= 11 is 3.50. The lowest BCUT2D eigenvalue weighted by Crippen LogP contribution is -2.32. The molecule has 0 saturated heterocycles. The Morgan fingerprint density at radius 1 is 1.00 bits per heavy atom. The van der Waals surface area contributed by atoms with Crippen molar-refractivity contribution < 1.29 is 9.53 Å². The van der Waals surface area contributed by atoms with E-state index in [0.29, 0.717) is 11.5 Å². The van der Waals surface area contributed by atoms with Crippen LogP contribution in [0.15, 0.2) is 88.0 Å². The minimum Gasteiger partial charge on any atom is -0.497 e. The highest BCUT2D eigenvalue weighted by Crippen LogP contribution is 2.30. The number of carbonyl (C=O) groups is 1. The number of amides is 1. The van der Waals surface area contributed by atoms with E-state index in [1.165, 1.54) is 0 Å². The molecule has 0 fully saturated rings. The number of amidine groups is 1. The van der Waals surface area contributed by atoms with E-state index in [2.05, 4.69) is 15.9 Å². The second-order valence-corrected chi connectivity index (χ2v) is 7.65. The Morgan fingerprint density at radius 3 is 2.55 bits per heavy atom. The summed E-state index contributed by atoms with van der Waals surface area (Å²) in [6.45, 7) is 2.03. The van der Waals surface area contributed by atoms with Gasteiger partial charge in [-0.2, -0.15) is 0 Å². The first-order chi connectivity index (χ1) is 14.0. The van der Waals surface area contributed by atoms with Gasteiger partial charge in [0.15, 0.2) is 0 Å². The third-order valence-corrected chi connectivity index (χ3v) is 5.09. The number of anilines is 1. The first-order valence-corrected chi connectivity index (χ1v) is 9.96. The van der Waals surface area contributed by atoms with Gasteiger partial charge in [-0.15, -0.1) is 0 Å². The monoisotopic (exact) mass is 446 g/mol. The minimum atomic E-state index is -0.164. The number of benzene rings is 3. The van der Waals surface area contributed by atoms with Crippen LogP contribution in [0.3, 0.4) is 0 Å². The van der Waals surface area contributed by atoms with Crippen LogP contribution in [-0.4, -0.2) is 18.9 Å². The van der Waals surface area contributed by atoms with Crippen molar-refractivity contribution in [3.63, 3.8) is 0 Å². The molecule has 0 radical (unpaired) electrons. The van der Waals surface area contributed by atoms with Crippen LogP contribution in [0.4, 0.5) is 5.69 Å². The SMILES string of the molecule is COc1cccc(/C=C2/N=C(c3cccc(C)c3)N(c3cccc(Br)c3)C2=O)c1. The Morgan fingerprint density at radius 2 is 1.79 bits per heavy atom. The second kappa shape index (κ2) is 8.05. The summed E-state index contributed by atoms with van der Waals surface area (Å²) in [6.07, 6.45) is 1.79. The molecule has 4 nitrogen and oxygen atoms in total. The number of hydrogen-bond acceptors (Lipinski definition) is 3. The van der Waals surface area contributed by atoms with Crippen LogP contribution in [0.1, 0.15) is 16.7 Å². The predicted molar refractivity (Wildman–Crippen MR) is 120 cm³/mol. The third kappa shape index (κ3) is 4.00. The Bertz CT molecular complexity index is 1150. The van der Waals surface area contributed by atoms with Crippen LogP contribution in [0.25, 0.3) is 6.08 Å². The van der Waals surface area contributed by atoms with Crippen LogP contribution in [-0.2, 0) is 4.79 Å². The van der Waals surface area contributed by atoms with Gasteiger partial charge in [0.25, 0.3) is 5.91 Å². The van der Waals surface area contributed by atoms with E-state index in [0.717, 1.165) is 32.6 Å². The molecule has 0 saturated carbocycles. The molecule has 0 aromatic heterocycles. The van der Waals surface area contributed by atoms with E-state index in [4.69, 9.17) is 9.73 Å². The molecule has 4 rings (SSSR count). The standard InChI is InChI=1S/C24H19BrN2O2/c1-16-6-3-8-18(12-16)23-26-22(14-17-7-4-11-21(13-17)29-2)24(28)27(23)20-10-5-9-19(25)15-20/h3-15H,1-2H3/b22-14+. The molecule has 1 heterocycles. The zero-order chi connectivity index (χ0) is 20.4. The number of nitrogens with zero attached hydrogens (tertiary/aromatic N) is 2. The Balaban J connectivity index is 1.83. The topological polar surface area (TPSA) is 41.9 Å². The summed E-state index contributed by atoms with van der Waals surface area (Å²) in [5.74, 6) is 1.19. The highest BCUT2D eigenvalue weighted by molar-refractivity contribution is 9.10. The molecule has 1 aliphatic heterocycles. The lowest BCUT2D eigenvalue weighted by Gasteiger charge is -2.19. The maximum Gasteiger partial charge on any atom is 0.282 e. The van der Waals surface area contributed by atoms with Crippen molar-refractivity contribution in [2.24, 2.45) is 4.99 Å². The van der Waals surface area contributed by atoms with Gasteiger partial charge in [-0.3, -0.25) is 9.69 Å². The van der Waals surface area contributed by atoms with Gasteiger partial charge in [0.2, 0.25) is 0 Å². The molecule has 0 N–H and O–H groups in total. The van der Waals surface area contributed by atoms with Gasteiger partial charge >= 0.3 is 0 Å². The van der Waals surface area contributed by atoms with Crippen LogP contribution in [0.5, 0.6) is 5.75 Å². The maximum absolute atomic E-state index is 13.3. The number of ether oxygens (including phenoxy) is 1.